The number of carbonyl (C=O) groups excluding carboxylic acids is 1. The Balaban J connectivity index is 0.00000182. The van der Waals surface area contributed by atoms with Crippen LogP contribution in [0.1, 0.15) is 50.4 Å². The summed E-state index contributed by atoms with van der Waals surface area (Å²) in [4.78, 5) is 12.1. The highest BCUT2D eigenvalue weighted by Gasteiger charge is 2.17. The molecule has 6 nitrogen and oxygen atoms in total. The predicted molar refractivity (Wildman–Crippen MR) is 114 cm³/mol. The molecule has 1 amide bonds. The number of anilines is 1. The number of hydrogen-bond donors (Lipinski definition) is 2. The summed E-state index contributed by atoms with van der Waals surface area (Å²) in [7, 11) is 0. The van der Waals surface area contributed by atoms with Crippen LogP contribution in [-0.2, 0) is 17.8 Å². The van der Waals surface area contributed by atoms with E-state index in [0.717, 1.165) is 47.8 Å². The lowest BCUT2D eigenvalue weighted by Gasteiger charge is -2.12. The summed E-state index contributed by atoms with van der Waals surface area (Å²) >= 11 is 0. The molecule has 0 saturated heterocycles. The van der Waals surface area contributed by atoms with Crippen LogP contribution >= 0.6 is 24.8 Å². The molecule has 1 atom stereocenters. The quantitative estimate of drug-likeness (QED) is 0.777. The Morgan fingerprint density at radius 1 is 1.26 bits per heavy atom. The maximum Gasteiger partial charge on any atom is 0.224 e. The molecule has 1 unspecified atom stereocenters. The highest BCUT2D eigenvalue weighted by Crippen LogP contribution is 2.27. The fraction of sp³-hybridized carbons (Fsp3) is 0.526. The van der Waals surface area contributed by atoms with Crippen LogP contribution in [-0.4, -0.2) is 26.7 Å². The van der Waals surface area contributed by atoms with Gasteiger partial charge >= 0.3 is 0 Å². The van der Waals surface area contributed by atoms with Crippen molar-refractivity contribution in [1.82, 2.24) is 14.8 Å². The van der Waals surface area contributed by atoms with E-state index in [1.165, 1.54) is 12.8 Å². The van der Waals surface area contributed by atoms with E-state index in [9.17, 15) is 4.79 Å². The minimum atomic E-state index is -0.00220. The average molecular weight is 414 g/mol. The molecule has 1 aliphatic heterocycles. The van der Waals surface area contributed by atoms with E-state index in [0.29, 0.717) is 12.8 Å². The van der Waals surface area contributed by atoms with Gasteiger partial charge in [-0.2, -0.15) is 0 Å². The standard InChI is InChI=1S/C19H27N5O.2ClH/c1-13-7-9-15(12-16(13)21-18(25)10-8-14(2)20)19-23-22-17-6-4-3-5-11-24(17)19;;/h7,9,12,14H,3-6,8,10-11,20H2,1-2H3,(H,21,25);2*1H. The molecule has 3 rings (SSSR count). The van der Waals surface area contributed by atoms with Gasteiger partial charge in [0.25, 0.3) is 0 Å². The highest BCUT2D eigenvalue weighted by molar-refractivity contribution is 5.92. The summed E-state index contributed by atoms with van der Waals surface area (Å²) in [5.74, 6) is 1.95. The van der Waals surface area contributed by atoms with Gasteiger partial charge in [0.05, 0.1) is 0 Å². The van der Waals surface area contributed by atoms with Crippen LogP contribution in [0.25, 0.3) is 11.4 Å². The minimum absolute atomic E-state index is 0. The van der Waals surface area contributed by atoms with E-state index < -0.39 is 0 Å². The van der Waals surface area contributed by atoms with Crippen molar-refractivity contribution in [2.45, 2.75) is 65.0 Å². The van der Waals surface area contributed by atoms with Crippen LogP contribution in [0, 0.1) is 6.92 Å². The first-order valence-electron chi connectivity index (χ1n) is 9.13. The van der Waals surface area contributed by atoms with E-state index >= 15 is 0 Å². The SMILES string of the molecule is Cc1ccc(-c2nnc3n2CCCCC3)cc1NC(=O)CCC(C)N.Cl.Cl. The number of hydrogen-bond acceptors (Lipinski definition) is 4. The number of nitrogens with two attached hydrogens (primary N) is 1. The number of rotatable bonds is 5. The molecule has 0 saturated carbocycles. The first-order chi connectivity index (χ1) is 12.0. The molecule has 1 aliphatic rings. The molecular weight excluding hydrogens is 385 g/mol. The molecule has 0 fully saturated rings. The van der Waals surface area contributed by atoms with Gasteiger partial charge in [0.15, 0.2) is 5.82 Å². The van der Waals surface area contributed by atoms with E-state index in [1.54, 1.807) is 0 Å². The molecule has 0 aliphatic carbocycles. The number of fused-ring (bicyclic) bond motifs is 1. The van der Waals surface area contributed by atoms with E-state index in [1.807, 2.05) is 26.0 Å². The van der Waals surface area contributed by atoms with Gasteiger partial charge in [-0.15, -0.1) is 35.0 Å². The van der Waals surface area contributed by atoms with Crippen LogP contribution in [0.4, 0.5) is 5.69 Å². The molecule has 8 heteroatoms. The van der Waals surface area contributed by atoms with Crippen molar-refractivity contribution in [2.24, 2.45) is 5.73 Å². The molecule has 27 heavy (non-hydrogen) atoms. The summed E-state index contributed by atoms with van der Waals surface area (Å²) < 4.78 is 2.22. The normalized spacial score (nSPS) is 14.2. The van der Waals surface area contributed by atoms with Gasteiger partial charge in [-0.25, -0.2) is 0 Å². The minimum Gasteiger partial charge on any atom is -0.328 e. The van der Waals surface area contributed by atoms with Crippen molar-refractivity contribution in [1.29, 1.82) is 0 Å². The number of nitrogens with zero attached hydrogens (tertiary/aromatic N) is 3. The van der Waals surface area contributed by atoms with Crippen LogP contribution < -0.4 is 11.1 Å². The Morgan fingerprint density at radius 2 is 2.04 bits per heavy atom. The average Bonchev–Trinajstić information content (AvgIpc) is 2.83. The lowest BCUT2D eigenvalue weighted by molar-refractivity contribution is -0.116. The number of benzene rings is 1. The second-order valence-electron chi connectivity index (χ2n) is 7.00. The van der Waals surface area contributed by atoms with Gasteiger partial charge in [-0.1, -0.05) is 18.6 Å². The van der Waals surface area contributed by atoms with Crippen molar-refractivity contribution < 1.29 is 4.79 Å². The number of nitrogens with one attached hydrogen (secondary N) is 1. The summed E-state index contributed by atoms with van der Waals surface area (Å²) in [6.45, 7) is 4.87. The Morgan fingerprint density at radius 3 is 2.78 bits per heavy atom. The molecular formula is C19H29Cl2N5O. The molecule has 0 spiro atoms. The number of halogens is 2. The van der Waals surface area contributed by atoms with Crippen molar-refractivity contribution in [3.8, 4) is 11.4 Å². The monoisotopic (exact) mass is 413 g/mol. The zero-order valence-corrected chi connectivity index (χ0v) is 17.5. The smallest absolute Gasteiger partial charge is 0.224 e. The molecule has 1 aromatic heterocycles. The van der Waals surface area contributed by atoms with Crippen molar-refractivity contribution >= 4 is 36.4 Å². The maximum atomic E-state index is 12.1. The van der Waals surface area contributed by atoms with Crippen LogP contribution in [0.3, 0.4) is 0 Å². The number of amides is 1. The third-order valence-electron chi connectivity index (χ3n) is 4.71. The first-order valence-corrected chi connectivity index (χ1v) is 9.13. The molecule has 0 radical (unpaired) electrons. The van der Waals surface area contributed by atoms with Crippen molar-refractivity contribution in [2.75, 3.05) is 5.32 Å². The zero-order valence-electron chi connectivity index (χ0n) is 15.9. The largest absolute Gasteiger partial charge is 0.328 e. The van der Waals surface area contributed by atoms with E-state index in [-0.39, 0.29) is 36.8 Å². The highest BCUT2D eigenvalue weighted by atomic mass is 35.5. The van der Waals surface area contributed by atoms with Crippen molar-refractivity contribution in [3.05, 3.63) is 29.6 Å². The van der Waals surface area contributed by atoms with Gasteiger partial charge < -0.3 is 15.6 Å². The van der Waals surface area contributed by atoms with Crippen LogP contribution in [0.2, 0.25) is 0 Å². The van der Waals surface area contributed by atoms with Gasteiger partial charge in [0.1, 0.15) is 5.82 Å². The predicted octanol–water partition coefficient (Wildman–Crippen LogP) is 3.89. The van der Waals surface area contributed by atoms with Gasteiger partial charge in [-0.3, -0.25) is 4.79 Å². The molecule has 2 heterocycles. The lowest BCUT2D eigenvalue weighted by Crippen LogP contribution is -2.19. The topological polar surface area (TPSA) is 85.8 Å². The number of aromatic nitrogens is 3. The molecule has 0 bridgehead atoms. The second kappa shape index (κ2) is 10.6. The number of aryl methyl sites for hydroxylation is 2. The van der Waals surface area contributed by atoms with Crippen molar-refractivity contribution in [3.63, 3.8) is 0 Å². The summed E-state index contributed by atoms with van der Waals surface area (Å²) in [5, 5.41) is 11.8. The Labute approximate surface area is 173 Å². The molecule has 2 aromatic rings. The Bertz CT molecular complexity index is 761. The number of carbonyl (C=O) groups is 1. The van der Waals surface area contributed by atoms with Gasteiger partial charge in [-0.05, 0) is 44.7 Å². The first kappa shape index (κ1) is 23.4. The summed E-state index contributed by atoms with van der Waals surface area (Å²) in [5.41, 5.74) is 8.59. The fourth-order valence-electron chi connectivity index (χ4n) is 3.17. The van der Waals surface area contributed by atoms with Gasteiger partial charge in [0, 0.05) is 36.7 Å². The molecule has 1 aromatic carbocycles. The molecule has 3 N–H and O–H groups in total. The van der Waals surface area contributed by atoms with E-state index in [2.05, 4.69) is 26.1 Å². The van der Waals surface area contributed by atoms with Gasteiger partial charge in [0.2, 0.25) is 5.91 Å². The zero-order chi connectivity index (χ0) is 17.8. The summed E-state index contributed by atoms with van der Waals surface area (Å²) in [6.07, 6.45) is 5.67. The summed E-state index contributed by atoms with van der Waals surface area (Å²) in [6, 6.07) is 6.11. The second-order valence-corrected chi connectivity index (χ2v) is 7.00. The Kier molecular flexibility index (Phi) is 9.22. The lowest BCUT2D eigenvalue weighted by atomic mass is 10.1. The fourth-order valence-corrected chi connectivity index (χ4v) is 3.17. The van der Waals surface area contributed by atoms with Crippen LogP contribution in [0.15, 0.2) is 18.2 Å². The molecule has 150 valence electrons. The Hall–Kier alpha value is -1.63. The van der Waals surface area contributed by atoms with Crippen LogP contribution in [0.5, 0.6) is 0 Å². The van der Waals surface area contributed by atoms with E-state index in [4.69, 9.17) is 5.73 Å². The maximum absolute atomic E-state index is 12.1. The third kappa shape index (κ3) is 5.92. The third-order valence-corrected chi connectivity index (χ3v) is 4.71.